The second kappa shape index (κ2) is 7.88. The number of hydrogen-bond acceptors (Lipinski definition) is 5. The van der Waals surface area contributed by atoms with Crippen LogP contribution in [0.3, 0.4) is 0 Å². The van der Waals surface area contributed by atoms with Crippen molar-refractivity contribution in [1.29, 1.82) is 0 Å². The molecule has 0 saturated heterocycles. The smallest absolute Gasteiger partial charge is 0.233 e. The molecule has 3 aromatic rings. The number of amides is 1. The molecule has 1 aromatic carbocycles. The van der Waals surface area contributed by atoms with Crippen molar-refractivity contribution in [2.24, 2.45) is 0 Å². The van der Waals surface area contributed by atoms with E-state index in [0.717, 1.165) is 16.8 Å². The predicted octanol–water partition coefficient (Wildman–Crippen LogP) is 3.52. The number of pyridine rings is 1. The Morgan fingerprint density at radius 2 is 1.96 bits per heavy atom. The van der Waals surface area contributed by atoms with Crippen molar-refractivity contribution in [1.82, 2.24) is 25.1 Å². The van der Waals surface area contributed by atoms with Gasteiger partial charge >= 0.3 is 0 Å². The number of nitrogens with one attached hydrogen (secondary N) is 1. The fourth-order valence-corrected chi connectivity index (χ4v) is 3.59. The Labute approximate surface area is 161 Å². The summed E-state index contributed by atoms with van der Waals surface area (Å²) in [6, 6.07) is 9.44. The monoisotopic (exact) mass is 387 g/mol. The molecule has 0 spiro atoms. The lowest BCUT2D eigenvalue weighted by atomic mass is 10.2. The Hall–Kier alpha value is -2.38. The van der Waals surface area contributed by atoms with Crippen molar-refractivity contribution < 1.29 is 4.79 Å². The largest absolute Gasteiger partial charge is 0.358 e. The van der Waals surface area contributed by atoms with Gasteiger partial charge in [0.15, 0.2) is 11.0 Å². The zero-order valence-electron chi connectivity index (χ0n) is 14.6. The number of halogens is 1. The Morgan fingerprint density at radius 1 is 1.23 bits per heavy atom. The SMILES string of the molecule is CNC(=O)C(C)Sc1nnc(-c2ccncc2)n1-c1cccc(Cl)c1C. The van der Waals surface area contributed by atoms with Crippen molar-refractivity contribution in [3.05, 3.63) is 53.3 Å². The van der Waals surface area contributed by atoms with Gasteiger partial charge in [0.1, 0.15) is 0 Å². The number of thioether (sulfide) groups is 1. The number of rotatable bonds is 5. The highest BCUT2D eigenvalue weighted by atomic mass is 35.5. The minimum Gasteiger partial charge on any atom is -0.358 e. The van der Waals surface area contributed by atoms with Crippen molar-refractivity contribution in [3.8, 4) is 17.1 Å². The Kier molecular flexibility index (Phi) is 5.58. The van der Waals surface area contributed by atoms with E-state index >= 15 is 0 Å². The molecular weight excluding hydrogens is 370 g/mol. The summed E-state index contributed by atoms with van der Waals surface area (Å²) in [4.78, 5) is 16.0. The summed E-state index contributed by atoms with van der Waals surface area (Å²) in [7, 11) is 1.62. The van der Waals surface area contributed by atoms with Crippen molar-refractivity contribution in [2.75, 3.05) is 7.05 Å². The lowest BCUT2D eigenvalue weighted by Crippen LogP contribution is -2.27. The molecule has 2 aromatic heterocycles. The number of carbonyl (C=O) groups excluding carboxylic acids is 1. The molecule has 0 bridgehead atoms. The maximum absolute atomic E-state index is 11.9. The Balaban J connectivity index is 2.16. The van der Waals surface area contributed by atoms with Gasteiger partial charge in [-0.15, -0.1) is 10.2 Å². The van der Waals surface area contributed by atoms with Gasteiger partial charge in [0.2, 0.25) is 5.91 Å². The Bertz CT molecular complexity index is 929. The molecule has 1 unspecified atom stereocenters. The van der Waals surface area contributed by atoms with E-state index in [1.807, 2.05) is 48.7 Å². The lowest BCUT2D eigenvalue weighted by Gasteiger charge is -2.15. The molecule has 1 atom stereocenters. The quantitative estimate of drug-likeness (QED) is 0.678. The fourth-order valence-electron chi connectivity index (χ4n) is 2.50. The van der Waals surface area contributed by atoms with Crippen LogP contribution < -0.4 is 5.32 Å². The number of nitrogens with zero attached hydrogens (tertiary/aromatic N) is 4. The molecule has 8 heteroatoms. The molecule has 3 rings (SSSR count). The molecule has 134 valence electrons. The lowest BCUT2D eigenvalue weighted by molar-refractivity contribution is -0.119. The highest BCUT2D eigenvalue weighted by Crippen LogP contribution is 2.32. The number of carbonyl (C=O) groups is 1. The number of aromatic nitrogens is 4. The van der Waals surface area contributed by atoms with E-state index in [9.17, 15) is 4.79 Å². The molecule has 0 radical (unpaired) electrons. The summed E-state index contributed by atoms with van der Waals surface area (Å²) in [6.45, 7) is 3.78. The Morgan fingerprint density at radius 3 is 2.65 bits per heavy atom. The molecule has 0 aliphatic carbocycles. The zero-order valence-corrected chi connectivity index (χ0v) is 16.2. The average Bonchev–Trinajstić information content (AvgIpc) is 3.07. The summed E-state index contributed by atoms with van der Waals surface area (Å²) < 4.78 is 1.93. The van der Waals surface area contributed by atoms with Gasteiger partial charge in [-0.1, -0.05) is 29.4 Å². The summed E-state index contributed by atoms with van der Waals surface area (Å²) in [6.07, 6.45) is 3.41. The second-order valence-corrected chi connectivity index (χ2v) is 7.35. The maximum atomic E-state index is 11.9. The predicted molar refractivity (Wildman–Crippen MR) is 104 cm³/mol. The van der Waals surface area contributed by atoms with Gasteiger partial charge in [0, 0.05) is 30.0 Å². The first kappa shape index (κ1) is 18.4. The molecule has 6 nitrogen and oxygen atoms in total. The van der Waals surface area contributed by atoms with Crippen LogP contribution in [0, 0.1) is 6.92 Å². The second-order valence-electron chi connectivity index (χ2n) is 5.64. The first-order chi connectivity index (χ1) is 12.5. The van der Waals surface area contributed by atoms with Gasteiger partial charge in [0.05, 0.1) is 10.9 Å². The standard InChI is InChI=1S/C18H18ClN5OS/c1-11-14(19)5-4-6-15(11)24-16(13-7-9-21-10-8-13)22-23-18(24)26-12(2)17(25)20-3/h4-10,12H,1-3H3,(H,20,25). The summed E-state index contributed by atoms with van der Waals surface area (Å²) in [5.74, 6) is 0.599. The van der Waals surface area contributed by atoms with Crippen molar-refractivity contribution in [3.63, 3.8) is 0 Å². The van der Waals surface area contributed by atoms with Gasteiger partial charge in [-0.05, 0) is 43.7 Å². The highest BCUT2D eigenvalue weighted by molar-refractivity contribution is 8.00. The molecule has 0 aliphatic rings. The summed E-state index contributed by atoms with van der Waals surface area (Å²) >= 11 is 7.67. The third-order valence-electron chi connectivity index (χ3n) is 3.95. The maximum Gasteiger partial charge on any atom is 0.233 e. The fraction of sp³-hybridized carbons (Fsp3) is 0.222. The first-order valence-electron chi connectivity index (χ1n) is 8.02. The number of hydrogen-bond donors (Lipinski definition) is 1. The van der Waals surface area contributed by atoms with Crippen LogP contribution in [0.2, 0.25) is 5.02 Å². The van der Waals surface area contributed by atoms with Crippen LogP contribution in [-0.2, 0) is 4.79 Å². The molecule has 0 saturated carbocycles. The van der Waals surface area contributed by atoms with Crippen LogP contribution in [0.25, 0.3) is 17.1 Å². The van der Waals surface area contributed by atoms with Crippen LogP contribution >= 0.6 is 23.4 Å². The van der Waals surface area contributed by atoms with Gasteiger partial charge < -0.3 is 5.32 Å². The molecule has 2 heterocycles. The van der Waals surface area contributed by atoms with Crippen LogP contribution in [0.5, 0.6) is 0 Å². The molecule has 0 aliphatic heterocycles. The van der Waals surface area contributed by atoms with Crippen LogP contribution in [0.15, 0.2) is 47.9 Å². The minimum atomic E-state index is -0.312. The van der Waals surface area contributed by atoms with Gasteiger partial charge in [0.25, 0.3) is 0 Å². The van der Waals surface area contributed by atoms with Gasteiger partial charge in [-0.2, -0.15) is 0 Å². The van der Waals surface area contributed by atoms with Gasteiger partial charge in [-0.3, -0.25) is 14.3 Å². The zero-order chi connectivity index (χ0) is 18.7. The average molecular weight is 388 g/mol. The molecular formula is C18H18ClN5OS. The molecule has 1 N–H and O–H groups in total. The molecule has 0 fully saturated rings. The van der Waals surface area contributed by atoms with E-state index in [1.165, 1.54) is 11.8 Å². The van der Waals surface area contributed by atoms with E-state index in [1.54, 1.807) is 19.4 Å². The van der Waals surface area contributed by atoms with Crippen LogP contribution in [-0.4, -0.2) is 38.0 Å². The minimum absolute atomic E-state index is 0.0715. The third kappa shape index (κ3) is 3.59. The topological polar surface area (TPSA) is 72.7 Å². The summed E-state index contributed by atoms with van der Waals surface area (Å²) in [5.41, 5.74) is 2.67. The van der Waals surface area contributed by atoms with E-state index in [2.05, 4.69) is 20.5 Å². The first-order valence-corrected chi connectivity index (χ1v) is 9.28. The van der Waals surface area contributed by atoms with Gasteiger partial charge in [-0.25, -0.2) is 0 Å². The molecule has 1 amide bonds. The normalized spacial score (nSPS) is 12.0. The van der Waals surface area contributed by atoms with Crippen LogP contribution in [0.1, 0.15) is 12.5 Å². The van der Waals surface area contributed by atoms with E-state index < -0.39 is 0 Å². The third-order valence-corrected chi connectivity index (χ3v) is 5.40. The summed E-state index contributed by atoms with van der Waals surface area (Å²) in [5, 5.41) is 12.3. The van der Waals surface area contributed by atoms with E-state index in [0.29, 0.717) is 16.0 Å². The van der Waals surface area contributed by atoms with Crippen LogP contribution in [0.4, 0.5) is 0 Å². The van der Waals surface area contributed by atoms with Crippen molar-refractivity contribution >= 4 is 29.3 Å². The highest BCUT2D eigenvalue weighted by Gasteiger charge is 2.22. The number of benzene rings is 1. The van der Waals surface area contributed by atoms with E-state index in [-0.39, 0.29) is 11.2 Å². The molecule has 26 heavy (non-hydrogen) atoms. The van der Waals surface area contributed by atoms with E-state index in [4.69, 9.17) is 11.6 Å². The van der Waals surface area contributed by atoms with Crippen molar-refractivity contribution in [2.45, 2.75) is 24.3 Å².